The molecule has 0 fully saturated rings. The summed E-state index contributed by atoms with van der Waals surface area (Å²) >= 11 is 0. The molecule has 20 heavy (non-hydrogen) atoms. The molecule has 5 nitrogen and oxygen atoms in total. The highest BCUT2D eigenvalue weighted by Crippen LogP contribution is 2.29. The quantitative estimate of drug-likeness (QED) is 0.854. The molecule has 1 heterocycles. The molecule has 2 rings (SSSR count). The smallest absolute Gasteiger partial charge is 0.368 e. The van der Waals surface area contributed by atoms with Crippen LogP contribution in [0.2, 0.25) is 0 Å². The summed E-state index contributed by atoms with van der Waals surface area (Å²) in [6, 6.07) is 3.49. The van der Waals surface area contributed by atoms with Crippen LogP contribution in [0.25, 0.3) is 0 Å². The van der Waals surface area contributed by atoms with Gasteiger partial charge in [-0.15, -0.1) is 0 Å². The van der Waals surface area contributed by atoms with Gasteiger partial charge in [0, 0.05) is 11.6 Å². The Kier molecular flexibility index (Phi) is 3.49. The van der Waals surface area contributed by atoms with Crippen molar-refractivity contribution in [2.24, 2.45) is 0 Å². The Labute approximate surface area is 111 Å². The van der Waals surface area contributed by atoms with Gasteiger partial charge in [-0.25, -0.2) is 5.01 Å². The van der Waals surface area contributed by atoms with Crippen LogP contribution < -0.4 is 5.43 Å². The molecule has 0 bridgehead atoms. The fraction of sp³-hybridized carbons (Fsp3) is 0.167. The van der Waals surface area contributed by atoms with Crippen LogP contribution in [-0.2, 0) is 11.0 Å². The first-order valence-electron chi connectivity index (χ1n) is 5.47. The standard InChI is InChI=1S/C12H9F3N2O3/c13-12(14,15)8-3-1-7(2-4-8)11(20)16-17-9(18)5-6-10(17)19/h1-6,9,18H,(H,16,20). The van der Waals surface area contributed by atoms with Crippen LogP contribution in [0.3, 0.4) is 0 Å². The number of nitrogens with zero attached hydrogens (tertiary/aromatic N) is 1. The number of alkyl halides is 3. The molecule has 0 aliphatic carbocycles. The molecule has 8 heteroatoms. The molecule has 2 N–H and O–H groups in total. The maximum absolute atomic E-state index is 12.4. The number of amides is 2. The van der Waals surface area contributed by atoms with Crippen molar-refractivity contribution in [2.45, 2.75) is 12.4 Å². The summed E-state index contributed by atoms with van der Waals surface area (Å²) in [5, 5.41) is 10.0. The number of carbonyl (C=O) groups excluding carboxylic acids is 2. The molecule has 1 aromatic carbocycles. The molecule has 1 aromatic rings. The summed E-state index contributed by atoms with van der Waals surface area (Å²) in [4.78, 5) is 23.0. The highest BCUT2D eigenvalue weighted by molar-refractivity contribution is 5.97. The molecule has 1 unspecified atom stereocenters. The molecule has 0 saturated carbocycles. The molecule has 2 amide bonds. The minimum atomic E-state index is -4.49. The molecule has 1 atom stereocenters. The van der Waals surface area contributed by atoms with Crippen molar-refractivity contribution in [1.29, 1.82) is 0 Å². The molecule has 0 radical (unpaired) electrons. The molecule has 106 valence electrons. The average molecular weight is 286 g/mol. The van der Waals surface area contributed by atoms with Gasteiger partial charge in [-0.05, 0) is 30.3 Å². The lowest BCUT2D eigenvalue weighted by Crippen LogP contribution is -2.48. The van der Waals surface area contributed by atoms with Crippen molar-refractivity contribution in [3.63, 3.8) is 0 Å². The third kappa shape index (κ3) is 2.80. The number of hydrogen-bond donors (Lipinski definition) is 2. The predicted octanol–water partition coefficient (Wildman–Crippen LogP) is 1.07. The lowest BCUT2D eigenvalue weighted by atomic mass is 10.1. The topological polar surface area (TPSA) is 69.6 Å². The zero-order valence-corrected chi connectivity index (χ0v) is 9.89. The van der Waals surface area contributed by atoms with Crippen LogP contribution in [0.4, 0.5) is 13.2 Å². The van der Waals surface area contributed by atoms with Gasteiger partial charge in [0.1, 0.15) is 0 Å². The maximum atomic E-state index is 12.4. The van der Waals surface area contributed by atoms with Crippen molar-refractivity contribution in [3.8, 4) is 0 Å². The third-order valence-electron chi connectivity index (χ3n) is 2.61. The Bertz CT molecular complexity index is 566. The first-order chi connectivity index (χ1) is 9.29. The predicted molar refractivity (Wildman–Crippen MR) is 60.9 cm³/mol. The minimum absolute atomic E-state index is 0.0649. The van der Waals surface area contributed by atoms with E-state index in [1.807, 2.05) is 0 Å². The van der Waals surface area contributed by atoms with Crippen LogP contribution in [0.1, 0.15) is 15.9 Å². The fourth-order valence-corrected chi connectivity index (χ4v) is 1.57. The summed E-state index contributed by atoms with van der Waals surface area (Å²) in [6.45, 7) is 0. The summed E-state index contributed by atoms with van der Waals surface area (Å²) < 4.78 is 37.1. The second kappa shape index (κ2) is 4.97. The summed E-state index contributed by atoms with van der Waals surface area (Å²) in [5.41, 5.74) is 1.16. The van der Waals surface area contributed by atoms with Gasteiger partial charge < -0.3 is 5.11 Å². The van der Waals surface area contributed by atoms with Gasteiger partial charge in [0.15, 0.2) is 6.23 Å². The first-order valence-corrected chi connectivity index (χ1v) is 5.47. The normalized spacial score (nSPS) is 18.5. The van der Waals surface area contributed by atoms with Crippen molar-refractivity contribution < 1.29 is 27.9 Å². The number of hydrogen-bond acceptors (Lipinski definition) is 3. The molecule has 0 aromatic heterocycles. The van der Waals surface area contributed by atoms with Crippen molar-refractivity contribution in [2.75, 3.05) is 0 Å². The second-order valence-electron chi connectivity index (χ2n) is 4.00. The monoisotopic (exact) mass is 286 g/mol. The van der Waals surface area contributed by atoms with Gasteiger partial charge in [0.2, 0.25) is 0 Å². The van der Waals surface area contributed by atoms with E-state index in [1.165, 1.54) is 0 Å². The van der Waals surface area contributed by atoms with Crippen LogP contribution in [0.5, 0.6) is 0 Å². The Morgan fingerprint density at radius 3 is 2.30 bits per heavy atom. The van der Waals surface area contributed by atoms with Gasteiger partial charge >= 0.3 is 6.18 Å². The van der Waals surface area contributed by atoms with Crippen molar-refractivity contribution in [1.82, 2.24) is 10.4 Å². The van der Waals surface area contributed by atoms with Crippen LogP contribution in [0, 0.1) is 0 Å². The molecule has 0 spiro atoms. The van der Waals surface area contributed by atoms with E-state index in [0.717, 1.165) is 36.4 Å². The lowest BCUT2D eigenvalue weighted by molar-refractivity contribution is -0.137. The molecular weight excluding hydrogens is 277 g/mol. The second-order valence-corrected chi connectivity index (χ2v) is 4.00. The van der Waals surface area contributed by atoms with Gasteiger partial charge in [-0.3, -0.25) is 15.0 Å². The summed E-state index contributed by atoms with van der Waals surface area (Å²) in [6.07, 6.45) is -3.55. The summed E-state index contributed by atoms with van der Waals surface area (Å²) in [5.74, 6) is -1.42. The van der Waals surface area contributed by atoms with E-state index in [-0.39, 0.29) is 5.56 Å². The molecule has 0 saturated heterocycles. The van der Waals surface area contributed by atoms with E-state index in [9.17, 15) is 27.9 Å². The SMILES string of the molecule is O=C(NN1C(=O)C=CC1O)c1ccc(C(F)(F)F)cc1. The minimum Gasteiger partial charge on any atom is -0.368 e. The Morgan fingerprint density at radius 2 is 1.85 bits per heavy atom. The third-order valence-corrected chi connectivity index (χ3v) is 2.61. The van der Waals surface area contributed by atoms with E-state index >= 15 is 0 Å². The summed E-state index contributed by atoms with van der Waals surface area (Å²) in [7, 11) is 0. The lowest BCUT2D eigenvalue weighted by Gasteiger charge is -2.21. The van der Waals surface area contributed by atoms with Gasteiger partial charge in [0.05, 0.1) is 5.56 Å². The first kappa shape index (κ1) is 14.1. The van der Waals surface area contributed by atoms with Crippen molar-refractivity contribution in [3.05, 3.63) is 47.5 Å². The van der Waals surface area contributed by atoms with E-state index in [0.29, 0.717) is 5.01 Å². The van der Waals surface area contributed by atoms with Crippen molar-refractivity contribution >= 4 is 11.8 Å². The Balaban J connectivity index is 2.09. The molecule has 1 aliphatic rings. The van der Waals surface area contributed by atoms with E-state index in [4.69, 9.17) is 0 Å². The fourth-order valence-electron chi connectivity index (χ4n) is 1.57. The number of rotatable bonds is 2. The van der Waals surface area contributed by atoms with Gasteiger partial charge in [-0.1, -0.05) is 0 Å². The largest absolute Gasteiger partial charge is 0.416 e. The number of halogens is 3. The highest BCUT2D eigenvalue weighted by atomic mass is 19.4. The van der Waals surface area contributed by atoms with E-state index in [2.05, 4.69) is 5.43 Å². The number of hydrazine groups is 1. The zero-order chi connectivity index (χ0) is 14.9. The molecule has 1 aliphatic heterocycles. The highest BCUT2D eigenvalue weighted by Gasteiger charge is 2.30. The van der Waals surface area contributed by atoms with Crippen LogP contribution in [-0.4, -0.2) is 28.2 Å². The number of aliphatic hydroxyl groups excluding tert-OH is 1. The Hall–Kier alpha value is -2.35. The van der Waals surface area contributed by atoms with Crippen LogP contribution in [0.15, 0.2) is 36.4 Å². The van der Waals surface area contributed by atoms with Crippen LogP contribution >= 0.6 is 0 Å². The number of nitrogens with one attached hydrogen (secondary N) is 1. The Morgan fingerprint density at radius 1 is 1.25 bits per heavy atom. The van der Waals surface area contributed by atoms with E-state index < -0.39 is 29.8 Å². The van der Waals surface area contributed by atoms with E-state index in [1.54, 1.807) is 0 Å². The molecular formula is C12H9F3N2O3. The average Bonchev–Trinajstić information content (AvgIpc) is 2.69. The number of aliphatic hydroxyl groups is 1. The number of carbonyl (C=O) groups is 2. The van der Waals surface area contributed by atoms with Gasteiger partial charge in [-0.2, -0.15) is 13.2 Å². The maximum Gasteiger partial charge on any atom is 0.416 e. The zero-order valence-electron chi connectivity index (χ0n) is 9.89. The number of benzene rings is 1. The van der Waals surface area contributed by atoms with Gasteiger partial charge in [0.25, 0.3) is 11.8 Å².